The van der Waals surface area contributed by atoms with Crippen LogP contribution in [-0.4, -0.2) is 22.0 Å². The Morgan fingerprint density at radius 3 is 2.65 bits per heavy atom. The lowest BCUT2D eigenvalue weighted by molar-refractivity contribution is 0.0939. The molecule has 0 unspecified atom stereocenters. The second kappa shape index (κ2) is 5.23. The Morgan fingerprint density at radius 2 is 2.00 bits per heavy atom. The summed E-state index contributed by atoms with van der Waals surface area (Å²) in [5, 5.41) is 0.712. The molecule has 2 N–H and O–H groups in total. The molecule has 0 spiro atoms. The van der Waals surface area contributed by atoms with E-state index in [0.717, 1.165) is 12.2 Å². The van der Waals surface area contributed by atoms with Crippen LogP contribution in [0.15, 0.2) is 12.1 Å². The van der Waals surface area contributed by atoms with Gasteiger partial charge in [-0.2, -0.15) is 0 Å². The molecule has 1 saturated heterocycles. The van der Waals surface area contributed by atoms with Crippen molar-refractivity contribution in [3.8, 4) is 0 Å². The number of nitrogens with two attached hydrogens (primary N) is 1. The van der Waals surface area contributed by atoms with Crippen molar-refractivity contribution in [3.05, 3.63) is 22.8 Å². The van der Waals surface area contributed by atoms with Crippen LogP contribution in [0.1, 0.15) is 38.8 Å². The van der Waals surface area contributed by atoms with Crippen molar-refractivity contribution in [1.29, 1.82) is 0 Å². The summed E-state index contributed by atoms with van der Waals surface area (Å²) in [6.45, 7) is 5.35. The number of aromatic nitrogens is 1. The van der Waals surface area contributed by atoms with Crippen LogP contribution < -0.4 is 5.73 Å². The first-order valence-corrected chi connectivity index (χ1v) is 6.62. The quantitative estimate of drug-likeness (QED) is 0.881. The Balaban J connectivity index is 2.16. The van der Waals surface area contributed by atoms with E-state index in [1.54, 1.807) is 6.07 Å². The topological polar surface area (TPSA) is 42.2 Å². The van der Waals surface area contributed by atoms with Gasteiger partial charge in [-0.15, -0.1) is 0 Å². The molecule has 0 amide bonds. The Bertz CT molecular complexity index is 384. The number of hydrogen-bond donors (Lipinski definition) is 1. The Hall–Kier alpha value is -0.800. The first-order chi connectivity index (χ1) is 8.08. The normalized spacial score (nSPS) is 26.1. The van der Waals surface area contributed by atoms with Gasteiger partial charge in [-0.3, -0.25) is 4.90 Å². The molecule has 1 fully saturated rings. The summed E-state index contributed by atoms with van der Waals surface area (Å²) in [6.07, 6.45) is 3.82. The molecule has 0 saturated carbocycles. The molecule has 17 heavy (non-hydrogen) atoms. The summed E-state index contributed by atoms with van der Waals surface area (Å²) < 4.78 is 0. The fraction of sp³-hybridized carbons (Fsp3) is 0.615. The molecule has 0 aliphatic carbocycles. The predicted octanol–water partition coefficient (Wildman–Crippen LogP) is 3.08. The first-order valence-electron chi connectivity index (χ1n) is 6.24. The fourth-order valence-electron chi connectivity index (χ4n) is 2.57. The lowest BCUT2D eigenvalue weighted by atomic mass is 9.97. The highest BCUT2D eigenvalue weighted by molar-refractivity contribution is 6.31. The average molecular weight is 254 g/mol. The zero-order valence-corrected chi connectivity index (χ0v) is 11.2. The van der Waals surface area contributed by atoms with E-state index in [0.29, 0.717) is 22.9 Å². The van der Waals surface area contributed by atoms with Gasteiger partial charge >= 0.3 is 0 Å². The lowest BCUT2D eigenvalue weighted by Gasteiger charge is -2.38. The van der Waals surface area contributed by atoms with Crippen LogP contribution in [0.4, 0.5) is 5.82 Å². The molecule has 1 aromatic heterocycles. The van der Waals surface area contributed by atoms with Gasteiger partial charge in [0.1, 0.15) is 5.82 Å². The van der Waals surface area contributed by atoms with Gasteiger partial charge in [-0.25, -0.2) is 4.98 Å². The predicted molar refractivity (Wildman–Crippen MR) is 72.0 cm³/mol. The third-order valence-electron chi connectivity index (χ3n) is 3.65. The van der Waals surface area contributed by atoms with E-state index in [-0.39, 0.29) is 0 Å². The molecule has 0 bridgehead atoms. The summed E-state index contributed by atoms with van der Waals surface area (Å²) >= 11 is 6.17. The maximum absolute atomic E-state index is 6.17. The van der Waals surface area contributed by atoms with Crippen LogP contribution in [0, 0.1) is 0 Å². The number of nitrogen functional groups attached to an aromatic ring is 1. The molecule has 3 nitrogen and oxygen atoms in total. The second-order valence-corrected chi connectivity index (χ2v) is 5.37. The summed E-state index contributed by atoms with van der Waals surface area (Å²) in [5.74, 6) is 0.543. The number of likely N-dealkylation sites (tertiary alicyclic amines) is 1. The molecule has 2 atom stereocenters. The number of piperidine rings is 1. The number of anilines is 1. The van der Waals surface area contributed by atoms with Crippen molar-refractivity contribution in [2.75, 3.05) is 5.73 Å². The van der Waals surface area contributed by atoms with Gasteiger partial charge in [0, 0.05) is 18.6 Å². The van der Waals surface area contributed by atoms with E-state index in [1.807, 2.05) is 6.07 Å². The Kier molecular flexibility index (Phi) is 3.89. The molecule has 2 heterocycles. The summed E-state index contributed by atoms with van der Waals surface area (Å²) in [5.41, 5.74) is 6.61. The lowest BCUT2D eigenvalue weighted by Crippen LogP contribution is -2.43. The zero-order chi connectivity index (χ0) is 12.4. The first kappa shape index (κ1) is 12.7. The summed E-state index contributed by atoms with van der Waals surface area (Å²) in [6, 6.07) is 4.77. The fourth-order valence-corrected chi connectivity index (χ4v) is 2.74. The average Bonchev–Trinajstić information content (AvgIpc) is 2.28. The minimum Gasteiger partial charge on any atom is -0.384 e. The standard InChI is InChI=1S/C13H20ClN3/c1-9-4-3-5-10(2)17(9)8-12-11(14)6-7-13(15)16-12/h6-7,9-10H,3-5,8H2,1-2H3,(H2,15,16)/t9-,10+. The Labute approximate surface area is 108 Å². The highest BCUT2D eigenvalue weighted by Crippen LogP contribution is 2.26. The third-order valence-corrected chi connectivity index (χ3v) is 3.99. The largest absolute Gasteiger partial charge is 0.384 e. The van der Waals surface area contributed by atoms with E-state index in [2.05, 4.69) is 23.7 Å². The number of halogens is 1. The SMILES string of the molecule is C[C@@H]1CCC[C@H](C)N1Cc1nc(N)ccc1Cl. The minimum atomic E-state index is 0.543. The van der Waals surface area contributed by atoms with Gasteiger partial charge in [0.2, 0.25) is 0 Å². The molecule has 1 aliphatic heterocycles. The van der Waals surface area contributed by atoms with E-state index in [9.17, 15) is 0 Å². The van der Waals surface area contributed by atoms with Crippen LogP contribution in [0.25, 0.3) is 0 Å². The van der Waals surface area contributed by atoms with Crippen molar-refractivity contribution >= 4 is 17.4 Å². The van der Waals surface area contributed by atoms with Crippen LogP contribution in [0.5, 0.6) is 0 Å². The zero-order valence-electron chi connectivity index (χ0n) is 10.5. The highest BCUT2D eigenvalue weighted by Gasteiger charge is 2.25. The number of nitrogens with zero attached hydrogens (tertiary/aromatic N) is 2. The summed E-state index contributed by atoms with van der Waals surface area (Å²) in [4.78, 5) is 6.81. The van der Waals surface area contributed by atoms with Crippen molar-refractivity contribution < 1.29 is 0 Å². The number of hydrogen-bond acceptors (Lipinski definition) is 3. The van der Waals surface area contributed by atoms with E-state index >= 15 is 0 Å². The molecule has 4 heteroatoms. The van der Waals surface area contributed by atoms with Gasteiger partial charge in [-0.1, -0.05) is 18.0 Å². The van der Waals surface area contributed by atoms with Gasteiger partial charge in [-0.05, 0) is 38.8 Å². The number of pyridine rings is 1. The maximum atomic E-state index is 6.17. The molecular formula is C13H20ClN3. The van der Waals surface area contributed by atoms with Crippen molar-refractivity contribution in [2.45, 2.75) is 51.7 Å². The molecule has 2 rings (SSSR count). The van der Waals surface area contributed by atoms with E-state index in [4.69, 9.17) is 17.3 Å². The summed E-state index contributed by atoms with van der Waals surface area (Å²) in [7, 11) is 0. The molecular weight excluding hydrogens is 234 g/mol. The van der Waals surface area contributed by atoms with Crippen molar-refractivity contribution in [1.82, 2.24) is 9.88 Å². The van der Waals surface area contributed by atoms with Gasteiger partial charge < -0.3 is 5.73 Å². The van der Waals surface area contributed by atoms with Crippen molar-refractivity contribution in [3.63, 3.8) is 0 Å². The smallest absolute Gasteiger partial charge is 0.123 e. The van der Waals surface area contributed by atoms with Crippen LogP contribution in [-0.2, 0) is 6.54 Å². The van der Waals surface area contributed by atoms with E-state index in [1.165, 1.54) is 19.3 Å². The van der Waals surface area contributed by atoms with Crippen LogP contribution >= 0.6 is 11.6 Å². The highest BCUT2D eigenvalue weighted by atomic mass is 35.5. The van der Waals surface area contributed by atoms with Gasteiger partial charge in [0.15, 0.2) is 0 Å². The second-order valence-electron chi connectivity index (χ2n) is 4.97. The van der Waals surface area contributed by atoms with E-state index < -0.39 is 0 Å². The maximum Gasteiger partial charge on any atom is 0.123 e. The molecule has 1 aromatic rings. The monoisotopic (exact) mass is 253 g/mol. The molecule has 0 aromatic carbocycles. The molecule has 1 aliphatic rings. The van der Waals surface area contributed by atoms with Gasteiger partial charge in [0.25, 0.3) is 0 Å². The van der Waals surface area contributed by atoms with Gasteiger partial charge in [0.05, 0.1) is 10.7 Å². The number of rotatable bonds is 2. The van der Waals surface area contributed by atoms with Crippen LogP contribution in [0.3, 0.4) is 0 Å². The molecule has 94 valence electrons. The van der Waals surface area contributed by atoms with Crippen molar-refractivity contribution in [2.24, 2.45) is 0 Å². The molecule has 0 radical (unpaired) electrons. The Morgan fingerprint density at radius 1 is 1.35 bits per heavy atom. The van der Waals surface area contributed by atoms with Crippen LogP contribution in [0.2, 0.25) is 5.02 Å². The third kappa shape index (κ3) is 2.90. The minimum absolute atomic E-state index is 0.543.